The van der Waals surface area contributed by atoms with Gasteiger partial charge in [-0.25, -0.2) is 0 Å². The van der Waals surface area contributed by atoms with Crippen LogP contribution in [0.5, 0.6) is 0 Å². The molecule has 0 spiro atoms. The van der Waals surface area contributed by atoms with Gasteiger partial charge in [-0.05, 0) is 56.6 Å². The zero-order chi connectivity index (χ0) is 11.1. The Morgan fingerprint density at radius 2 is 2.19 bits per heavy atom. The number of aromatic nitrogens is 2. The highest BCUT2D eigenvalue weighted by Gasteiger charge is 2.35. The summed E-state index contributed by atoms with van der Waals surface area (Å²) in [7, 11) is 2.12. The van der Waals surface area contributed by atoms with Gasteiger partial charge in [-0.15, -0.1) is 0 Å². The van der Waals surface area contributed by atoms with Gasteiger partial charge in [0.15, 0.2) is 0 Å². The Bertz CT molecular complexity index is 390. The van der Waals surface area contributed by atoms with Crippen LogP contribution < -0.4 is 5.73 Å². The van der Waals surface area contributed by atoms with Crippen molar-refractivity contribution < 1.29 is 0 Å². The van der Waals surface area contributed by atoms with E-state index in [2.05, 4.69) is 11.7 Å². The molecule has 16 heavy (non-hydrogen) atoms. The van der Waals surface area contributed by atoms with Crippen molar-refractivity contribution in [3.05, 3.63) is 17.0 Å². The van der Waals surface area contributed by atoms with Crippen molar-refractivity contribution in [3.8, 4) is 0 Å². The zero-order valence-electron chi connectivity index (χ0n) is 10.1. The molecule has 1 aromatic rings. The Hall–Kier alpha value is -0.830. The van der Waals surface area contributed by atoms with Crippen LogP contribution in [0.3, 0.4) is 0 Å². The summed E-state index contributed by atoms with van der Waals surface area (Å²) in [6.07, 6.45) is 7.65. The number of hydrogen-bond donors (Lipinski definition) is 1. The van der Waals surface area contributed by atoms with Crippen molar-refractivity contribution in [3.63, 3.8) is 0 Å². The smallest absolute Gasteiger partial charge is 0.0662 e. The fourth-order valence-electron chi connectivity index (χ4n) is 3.23. The first-order valence-corrected chi connectivity index (χ1v) is 6.57. The number of aryl methyl sites for hydroxylation is 2. The van der Waals surface area contributed by atoms with Crippen molar-refractivity contribution in [1.82, 2.24) is 9.78 Å². The molecule has 3 heteroatoms. The number of nitrogens with zero attached hydrogens (tertiary/aromatic N) is 2. The zero-order valence-corrected chi connectivity index (χ0v) is 10.1. The molecule has 0 radical (unpaired) electrons. The lowest BCUT2D eigenvalue weighted by molar-refractivity contribution is 0.520. The first-order chi connectivity index (χ1) is 7.81. The predicted molar refractivity (Wildman–Crippen MR) is 64.5 cm³/mol. The summed E-state index contributed by atoms with van der Waals surface area (Å²) in [5.74, 6) is 1.50. The summed E-state index contributed by atoms with van der Waals surface area (Å²) in [6, 6.07) is 0. The molecular weight excluding hydrogens is 198 g/mol. The van der Waals surface area contributed by atoms with E-state index in [4.69, 9.17) is 10.8 Å². The summed E-state index contributed by atoms with van der Waals surface area (Å²) >= 11 is 0. The van der Waals surface area contributed by atoms with Gasteiger partial charge >= 0.3 is 0 Å². The summed E-state index contributed by atoms with van der Waals surface area (Å²) in [4.78, 5) is 0. The minimum Gasteiger partial charge on any atom is -0.330 e. The molecule has 2 aliphatic carbocycles. The number of fused-ring (bicyclic) bond motifs is 1. The Kier molecular flexibility index (Phi) is 2.51. The monoisotopic (exact) mass is 219 g/mol. The van der Waals surface area contributed by atoms with Gasteiger partial charge in [0.2, 0.25) is 0 Å². The highest BCUT2D eigenvalue weighted by Crippen LogP contribution is 2.46. The molecule has 1 heterocycles. The molecule has 3 nitrogen and oxygen atoms in total. The van der Waals surface area contributed by atoms with Gasteiger partial charge in [0.25, 0.3) is 0 Å². The lowest BCUT2D eigenvalue weighted by Crippen LogP contribution is -2.14. The molecule has 0 bridgehead atoms. The fourth-order valence-corrected chi connectivity index (χ4v) is 3.23. The van der Waals surface area contributed by atoms with Crippen molar-refractivity contribution in [2.24, 2.45) is 12.8 Å². The van der Waals surface area contributed by atoms with E-state index in [-0.39, 0.29) is 0 Å². The summed E-state index contributed by atoms with van der Waals surface area (Å²) in [5.41, 5.74) is 10.2. The van der Waals surface area contributed by atoms with Crippen LogP contribution in [0.15, 0.2) is 0 Å². The summed E-state index contributed by atoms with van der Waals surface area (Å²) in [6.45, 7) is 0.809. The van der Waals surface area contributed by atoms with Crippen LogP contribution in [0.25, 0.3) is 0 Å². The van der Waals surface area contributed by atoms with Crippen LogP contribution in [-0.2, 0) is 13.5 Å². The minimum atomic E-state index is 0.693. The van der Waals surface area contributed by atoms with E-state index >= 15 is 0 Å². The fraction of sp³-hybridized carbons (Fsp3) is 0.769. The average Bonchev–Trinajstić information content (AvgIpc) is 3.02. The van der Waals surface area contributed by atoms with Crippen molar-refractivity contribution in [2.75, 3.05) is 6.54 Å². The van der Waals surface area contributed by atoms with Gasteiger partial charge in [-0.1, -0.05) is 0 Å². The third-order valence-electron chi connectivity index (χ3n) is 4.06. The highest BCUT2D eigenvalue weighted by atomic mass is 15.3. The lowest BCUT2D eigenvalue weighted by Gasteiger charge is -2.22. The van der Waals surface area contributed by atoms with Crippen LogP contribution in [0, 0.1) is 0 Å². The van der Waals surface area contributed by atoms with E-state index in [1.54, 1.807) is 5.56 Å². The second-order valence-corrected chi connectivity index (χ2v) is 5.31. The topological polar surface area (TPSA) is 43.8 Å². The largest absolute Gasteiger partial charge is 0.330 e. The first-order valence-electron chi connectivity index (χ1n) is 6.57. The van der Waals surface area contributed by atoms with Crippen molar-refractivity contribution in [2.45, 2.75) is 50.4 Å². The average molecular weight is 219 g/mol. The van der Waals surface area contributed by atoms with E-state index in [0.717, 1.165) is 18.9 Å². The molecule has 1 fully saturated rings. The molecule has 1 atom stereocenters. The molecule has 2 N–H and O–H groups in total. The van der Waals surface area contributed by atoms with E-state index in [1.165, 1.54) is 43.5 Å². The first kappa shape index (κ1) is 10.3. The van der Waals surface area contributed by atoms with Crippen LogP contribution in [-0.4, -0.2) is 16.3 Å². The molecule has 3 rings (SSSR count). The number of rotatable bonds is 3. The molecule has 1 aromatic heterocycles. The highest BCUT2D eigenvalue weighted by molar-refractivity contribution is 5.36. The number of hydrogen-bond acceptors (Lipinski definition) is 2. The SMILES string of the molecule is Cn1nc2c(c1C1CC1)C(CCN)CCC2. The van der Waals surface area contributed by atoms with Crippen molar-refractivity contribution >= 4 is 0 Å². The third kappa shape index (κ3) is 1.58. The lowest BCUT2D eigenvalue weighted by atomic mass is 9.82. The van der Waals surface area contributed by atoms with Gasteiger partial charge in [0, 0.05) is 18.7 Å². The molecule has 1 unspecified atom stereocenters. The maximum atomic E-state index is 5.74. The van der Waals surface area contributed by atoms with Gasteiger partial charge in [-0.3, -0.25) is 4.68 Å². The summed E-state index contributed by atoms with van der Waals surface area (Å²) in [5, 5.41) is 4.72. The maximum Gasteiger partial charge on any atom is 0.0662 e. The van der Waals surface area contributed by atoms with Gasteiger partial charge < -0.3 is 5.73 Å². The predicted octanol–water partition coefficient (Wildman–Crippen LogP) is 2.07. The Morgan fingerprint density at radius 1 is 1.38 bits per heavy atom. The number of nitrogens with two attached hydrogens (primary N) is 1. The molecule has 2 aliphatic rings. The van der Waals surface area contributed by atoms with Crippen LogP contribution in [0.4, 0.5) is 0 Å². The van der Waals surface area contributed by atoms with Crippen LogP contribution in [0.1, 0.15) is 60.9 Å². The molecule has 0 aliphatic heterocycles. The van der Waals surface area contributed by atoms with Gasteiger partial charge in [0.1, 0.15) is 0 Å². The standard InChI is InChI=1S/C13H21N3/c1-16-13(10-5-6-10)12-9(7-8-14)3-2-4-11(12)15-16/h9-10H,2-8,14H2,1H3. The third-order valence-corrected chi connectivity index (χ3v) is 4.06. The van der Waals surface area contributed by atoms with Gasteiger partial charge in [0.05, 0.1) is 5.69 Å². The van der Waals surface area contributed by atoms with E-state index in [1.807, 2.05) is 0 Å². The molecule has 1 saturated carbocycles. The van der Waals surface area contributed by atoms with E-state index in [0.29, 0.717) is 5.92 Å². The molecular formula is C13H21N3. The van der Waals surface area contributed by atoms with Crippen LogP contribution >= 0.6 is 0 Å². The maximum absolute atomic E-state index is 5.74. The summed E-state index contributed by atoms with van der Waals surface area (Å²) < 4.78 is 2.15. The van der Waals surface area contributed by atoms with Crippen LogP contribution in [0.2, 0.25) is 0 Å². The van der Waals surface area contributed by atoms with Gasteiger partial charge in [-0.2, -0.15) is 5.10 Å². The normalized spacial score (nSPS) is 24.5. The Morgan fingerprint density at radius 3 is 2.88 bits per heavy atom. The molecule has 0 aromatic carbocycles. The molecule has 0 saturated heterocycles. The second-order valence-electron chi connectivity index (χ2n) is 5.31. The second kappa shape index (κ2) is 3.88. The quantitative estimate of drug-likeness (QED) is 0.845. The Balaban J connectivity index is 2.02. The van der Waals surface area contributed by atoms with E-state index in [9.17, 15) is 0 Å². The molecule has 0 amide bonds. The van der Waals surface area contributed by atoms with E-state index < -0.39 is 0 Å². The van der Waals surface area contributed by atoms with Crippen molar-refractivity contribution in [1.29, 1.82) is 0 Å². The molecule has 88 valence electrons. The minimum absolute atomic E-state index is 0.693. The Labute approximate surface area is 97.0 Å².